The van der Waals surface area contributed by atoms with Crippen LogP contribution >= 0.6 is 23.2 Å². The van der Waals surface area contributed by atoms with E-state index in [1.807, 2.05) is 44.2 Å². The molecule has 4 amide bonds. The normalized spacial score (nSPS) is 17.1. The third-order valence-electron chi connectivity index (χ3n) is 14.5. The Morgan fingerprint density at radius 2 is 1.57 bits per heavy atom. The summed E-state index contributed by atoms with van der Waals surface area (Å²) in [5, 5.41) is 16.3. The molecule has 6 aromatic rings. The summed E-state index contributed by atoms with van der Waals surface area (Å²) < 4.78 is 45.7. The summed E-state index contributed by atoms with van der Waals surface area (Å²) in [6.45, 7) is 9.22. The number of ketones is 1. The number of piperazine rings is 1. The number of methoxy groups -OCH3 is 1. The number of aromatic nitrogens is 3. The van der Waals surface area contributed by atoms with Crippen molar-refractivity contribution in [1.82, 2.24) is 34.4 Å². The van der Waals surface area contributed by atoms with E-state index in [9.17, 15) is 24.0 Å². The quantitative estimate of drug-likeness (QED) is 0.0698. The molecule has 0 unspecified atom stereocenters. The molecular weight excluding hydrogens is 1090 g/mol. The van der Waals surface area contributed by atoms with E-state index in [0.717, 1.165) is 11.1 Å². The van der Waals surface area contributed by atoms with Gasteiger partial charge in [0.1, 0.15) is 65.1 Å². The van der Waals surface area contributed by atoms with E-state index in [0.29, 0.717) is 79.7 Å². The lowest BCUT2D eigenvalue weighted by Gasteiger charge is -2.38. The van der Waals surface area contributed by atoms with E-state index in [2.05, 4.69) is 11.1 Å². The summed E-state index contributed by atoms with van der Waals surface area (Å²) in [6.07, 6.45) is 1.51. The number of amides is 4. The Bertz CT molecular complexity index is 3410. The smallest absolute Gasteiger partial charge is 0.326 e. The highest BCUT2D eigenvalue weighted by Gasteiger charge is 2.46. The summed E-state index contributed by atoms with van der Waals surface area (Å²) in [4.78, 5) is 71.9. The number of pyridine rings is 1. The highest BCUT2D eigenvalue weighted by Crippen LogP contribution is 2.46. The number of aryl methyl sites for hydroxylation is 2. The van der Waals surface area contributed by atoms with Gasteiger partial charge in [0.15, 0.2) is 0 Å². The fraction of sp³-hybridized carbons (Fsp3) is 0.377. The van der Waals surface area contributed by atoms with Crippen LogP contribution in [0.5, 0.6) is 17.2 Å². The van der Waals surface area contributed by atoms with Gasteiger partial charge in [-0.1, -0.05) is 47.5 Å². The zero-order chi connectivity index (χ0) is 58.2. The van der Waals surface area contributed by atoms with Crippen LogP contribution in [0.15, 0.2) is 102 Å². The number of aliphatic imine (C=N–C) groups is 1. The zero-order valence-corrected chi connectivity index (χ0v) is 48.1. The van der Waals surface area contributed by atoms with Crippen LogP contribution in [0, 0.1) is 24.1 Å². The molecule has 1 fully saturated rings. The highest BCUT2D eigenvalue weighted by atomic mass is 35.5. The summed E-state index contributed by atoms with van der Waals surface area (Å²) >= 11 is 12.7. The average Bonchev–Trinajstić information content (AvgIpc) is 4.10. The predicted octanol–water partition coefficient (Wildman–Crippen LogP) is 10.4. The van der Waals surface area contributed by atoms with Crippen molar-refractivity contribution in [2.75, 3.05) is 66.8 Å². The van der Waals surface area contributed by atoms with Gasteiger partial charge in [-0.25, -0.2) is 9.18 Å². The van der Waals surface area contributed by atoms with Gasteiger partial charge in [-0.3, -0.25) is 33.9 Å². The number of hydrogen-bond acceptors (Lipinski definition) is 13. The molecule has 0 N–H and O–H groups in total. The number of nitriles is 1. The number of fused-ring (bicyclic) bond motifs is 5. The van der Waals surface area contributed by atoms with Crippen molar-refractivity contribution >= 4 is 52.7 Å². The first-order valence-electron chi connectivity index (χ1n) is 27.2. The summed E-state index contributed by atoms with van der Waals surface area (Å²) in [5.41, 5.74) is 5.23. The lowest BCUT2D eigenvalue weighted by Crippen LogP contribution is -2.56. The SMILES string of the molecule is COc1ccc(C2=N[C@H](c3ccc(Cl)cc3)[C@H](c3ccc(Cl)cc3)N2C(=O)N2CCN(CCOCCOCCC(=O)CCCn3nc4c(c3C#N)-c3cnc(C)c(c3)O[C@H](C)c3cc(F)ccc3C(=O)N(C)C4)C(=O)C2)c(OC(C)C)c1. The maximum absolute atomic E-state index is 15.1. The Morgan fingerprint density at radius 1 is 0.866 bits per heavy atom. The molecule has 1 saturated heterocycles. The molecule has 2 aromatic heterocycles. The number of rotatable bonds is 19. The standard InChI is InChI=1S/C61H64Cl2FN9O9/c1-37(2)81-54-32-47(78-6)18-20-49(54)59-67-57(40-9-13-43(62)14-10-40)58(41-11-15-44(63)16-12-41)73(59)61(77)71-24-23-70(55(75)36-71)25-27-80-29-28-79-26-21-46(74)8-7-22-72-52(33-65)56-42-30-53(38(3)66-34-42)82-39(4)50-31-45(64)17-19-48(50)60(76)69(5)35-51(56)68-72/h9-20,30-32,34,37,39,57-58H,7-8,21-29,35-36H2,1-6H3/t39-,57-,58+/m1/s1. The molecule has 3 aliphatic heterocycles. The second-order valence-electron chi connectivity index (χ2n) is 20.5. The van der Waals surface area contributed by atoms with Gasteiger partial charge >= 0.3 is 6.03 Å². The average molecular weight is 1160 g/mol. The number of urea groups is 1. The molecule has 0 saturated carbocycles. The largest absolute Gasteiger partial charge is 0.497 e. The number of carbonyl (C=O) groups is 4. The Labute approximate surface area is 485 Å². The number of Topliss-reactive ketones (excluding diaryl/α,β-unsaturated/α-hetero) is 1. The van der Waals surface area contributed by atoms with Crippen molar-refractivity contribution in [2.45, 2.75) is 84.3 Å². The second kappa shape index (κ2) is 26.4. The molecule has 0 radical (unpaired) electrons. The van der Waals surface area contributed by atoms with Crippen LogP contribution in [-0.4, -0.2) is 137 Å². The van der Waals surface area contributed by atoms with Crippen LogP contribution in [0.25, 0.3) is 11.1 Å². The third-order valence-corrected chi connectivity index (χ3v) is 15.0. The first-order valence-corrected chi connectivity index (χ1v) is 27.9. The van der Waals surface area contributed by atoms with Gasteiger partial charge in [0.05, 0.1) is 69.2 Å². The number of carbonyl (C=O) groups excluding carboxylic acids is 4. The number of ether oxygens (including phenoxy) is 5. The van der Waals surface area contributed by atoms with Gasteiger partial charge in [-0.05, 0) is 106 Å². The fourth-order valence-corrected chi connectivity index (χ4v) is 10.6. The minimum absolute atomic E-state index is 0.0265. The monoisotopic (exact) mass is 1160 g/mol. The minimum Gasteiger partial charge on any atom is -0.497 e. The third kappa shape index (κ3) is 13.4. The lowest BCUT2D eigenvalue weighted by molar-refractivity contribution is -0.135. The highest BCUT2D eigenvalue weighted by molar-refractivity contribution is 6.30. The first-order chi connectivity index (χ1) is 39.5. The first kappa shape index (κ1) is 58.8. The fourth-order valence-electron chi connectivity index (χ4n) is 10.3. The van der Waals surface area contributed by atoms with E-state index in [1.54, 1.807) is 96.0 Å². The maximum atomic E-state index is 15.1. The molecule has 4 aromatic carbocycles. The topological polar surface area (TPSA) is 194 Å². The Balaban J connectivity index is 0.761. The van der Waals surface area contributed by atoms with Crippen LogP contribution in [0.3, 0.4) is 0 Å². The maximum Gasteiger partial charge on any atom is 0.326 e. The predicted molar refractivity (Wildman–Crippen MR) is 306 cm³/mol. The van der Waals surface area contributed by atoms with Crippen molar-refractivity contribution < 1.29 is 47.3 Å². The summed E-state index contributed by atoms with van der Waals surface area (Å²) in [7, 11) is 3.19. The summed E-state index contributed by atoms with van der Waals surface area (Å²) in [6, 6.07) is 26.5. The number of amidine groups is 1. The van der Waals surface area contributed by atoms with Gasteiger partial charge in [0.2, 0.25) is 5.91 Å². The van der Waals surface area contributed by atoms with Crippen molar-refractivity contribution in [3.05, 3.63) is 158 Å². The van der Waals surface area contributed by atoms with Gasteiger partial charge in [-0.15, -0.1) is 0 Å². The van der Waals surface area contributed by atoms with Crippen LogP contribution in [0.1, 0.15) is 108 Å². The van der Waals surface area contributed by atoms with Crippen LogP contribution in [0.2, 0.25) is 10.0 Å². The van der Waals surface area contributed by atoms with E-state index < -0.39 is 30.0 Å². The molecular formula is C61H64Cl2FN9O9. The van der Waals surface area contributed by atoms with Crippen LogP contribution in [-0.2, 0) is 32.2 Å². The van der Waals surface area contributed by atoms with Crippen LogP contribution in [0.4, 0.5) is 9.18 Å². The summed E-state index contributed by atoms with van der Waals surface area (Å²) in [5.74, 6) is 0.723. The molecule has 9 rings (SSSR count). The number of hydrogen-bond donors (Lipinski definition) is 0. The van der Waals surface area contributed by atoms with Gasteiger partial charge in [-0.2, -0.15) is 10.4 Å². The molecule has 3 aliphatic rings. The minimum atomic E-state index is -0.694. The Hall–Kier alpha value is -7.89. The number of halogens is 3. The number of nitrogens with zero attached hydrogens (tertiary/aromatic N) is 9. The van der Waals surface area contributed by atoms with Crippen molar-refractivity contribution in [3.63, 3.8) is 0 Å². The van der Waals surface area contributed by atoms with E-state index >= 15 is 4.79 Å². The van der Waals surface area contributed by atoms with Gasteiger partial charge in [0.25, 0.3) is 5.91 Å². The molecule has 18 nitrogen and oxygen atoms in total. The van der Waals surface area contributed by atoms with Crippen LogP contribution < -0.4 is 14.2 Å². The van der Waals surface area contributed by atoms with Crippen molar-refractivity contribution in [1.29, 1.82) is 5.26 Å². The Kier molecular flexibility index (Phi) is 18.9. The van der Waals surface area contributed by atoms with E-state index in [4.69, 9.17) is 57.0 Å². The van der Waals surface area contributed by atoms with E-state index in [-0.39, 0.29) is 107 Å². The molecule has 21 heteroatoms. The Morgan fingerprint density at radius 3 is 2.27 bits per heavy atom. The van der Waals surface area contributed by atoms with E-state index in [1.165, 1.54) is 23.1 Å². The molecule has 2 bridgehead atoms. The second-order valence-corrected chi connectivity index (χ2v) is 21.4. The molecule has 82 heavy (non-hydrogen) atoms. The van der Waals surface area contributed by atoms with Gasteiger partial charge < -0.3 is 38.4 Å². The molecule has 0 spiro atoms. The van der Waals surface area contributed by atoms with Gasteiger partial charge in [0, 0.05) is 90.6 Å². The lowest BCUT2D eigenvalue weighted by atomic mass is 9.93. The van der Waals surface area contributed by atoms with Crippen molar-refractivity contribution in [3.8, 4) is 34.4 Å². The molecule has 0 aliphatic carbocycles. The zero-order valence-electron chi connectivity index (χ0n) is 46.6. The molecule has 428 valence electrons. The van der Waals surface area contributed by atoms with Crippen molar-refractivity contribution in [2.24, 2.45) is 4.99 Å². The number of benzene rings is 4. The molecule has 3 atom stereocenters. The molecule has 5 heterocycles.